The maximum absolute atomic E-state index is 12.3. The Labute approximate surface area is 140 Å². The van der Waals surface area contributed by atoms with Crippen LogP contribution < -0.4 is 10.0 Å². The number of benzene rings is 2. The number of nitrogens with one attached hydrogen (secondary N) is 2. The summed E-state index contributed by atoms with van der Waals surface area (Å²) in [6.45, 7) is 0.451. The van der Waals surface area contributed by atoms with Gasteiger partial charge in [-0.1, -0.05) is 6.07 Å². The summed E-state index contributed by atoms with van der Waals surface area (Å²) in [5.41, 5.74) is 4.22. The summed E-state index contributed by atoms with van der Waals surface area (Å²) in [6.07, 6.45) is 1.64. The zero-order valence-corrected chi connectivity index (χ0v) is 13.4. The van der Waals surface area contributed by atoms with Crippen LogP contribution in [0.5, 0.6) is 0 Å². The summed E-state index contributed by atoms with van der Waals surface area (Å²) in [7, 11) is 0. The summed E-state index contributed by atoms with van der Waals surface area (Å²) in [6, 6.07) is 11.3. The second-order valence-electron chi connectivity index (χ2n) is 4.93. The Balaban J connectivity index is 1.48. The lowest BCUT2D eigenvalue weighted by Gasteiger charge is -2.11. The maximum atomic E-state index is 12.3. The SMILES string of the molecule is O=C(NCc1ccc2nsnc2c1)c1ccc2c(c1)SNC=N2. The standard InChI is InChI=1S/C15H11N5OS2/c21-15(10-2-4-12-14(6-10)22-18-8-17-12)16-7-9-1-3-11-13(5-9)20-23-19-11/h1-6,8H,7H2,(H,16,21)(H,17,18). The number of hydrogen-bond acceptors (Lipinski definition) is 7. The van der Waals surface area contributed by atoms with Crippen molar-refractivity contribution in [3.63, 3.8) is 0 Å². The first-order valence-corrected chi connectivity index (χ1v) is 8.43. The second-order valence-corrected chi connectivity index (χ2v) is 6.34. The van der Waals surface area contributed by atoms with Crippen LogP contribution in [-0.2, 0) is 6.54 Å². The minimum atomic E-state index is -0.112. The summed E-state index contributed by atoms with van der Waals surface area (Å²) < 4.78 is 11.3. The van der Waals surface area contributed by atoms with Crippen LogP contribution in [0.3, 0.4) is 0 Å². The Bertz CT molecular complexity index is 921. The van der Waals surface area contributed by atoms with Crippen molar-refractivity contribution in [2.75, 3.05) is 0 Å². The van der Waals surface area contributed by atoms with Gasteiger partial charge in [-0.25, -0.2) is 4.99 Å². The van der Waals surface area contributed by atoms with E-state index in [-0.39, 0.29) is 5.91 Å². The molecule has 0 atom stereocenters. The van der Waals surface area contributed by atoms with Crippen LogP contribution >= 0.6 is 23.7 Å². The Morgan fingerprint density at radius 1 is 1.13 bits per heavy atom. The predicted octanol–water partition coefficient (Wildman–Crippen LogP) is 2.89. The minimum absolute atomic E-state index is 0.112. The van der Waals surface area contributed by atoms with Gasteiger partial charge in [-0.2, -0.15) is 8.75 Å². The molecule has 0 unspecified atom stereocenters. The molecule has 0 radical (unpaired) electrons. The molecule has 2 heterocycles. The van der Waals surface area contributed by atoms with Gasteiger partial charge in [0.2, 0.25) is 0 Å². The lowest BCUT2D eigenvalue weighted by molar-refractivity contribution is 0.0950. The molecule has 114 valence electrons. The van der Waals surface area contributed by atoms with Crippen LogP contribution in [0.2, 0.25) is 0 Å². The highest BCUT2D eigenvalue weighted by Gasteiger charge is 2.12. The van der Waals surface area contributed by atoms with Gasteiger partial charge in [0.05, 0.1) is 28.6 Å². The van der Waals surface area contributed by atoms with Crippen molar-refractivity contribution >= 4 is 52.6 Å². The predicted molar refractivity (Wildman–Crippen MR) is 92.2 cm³/mol. The molecule has 0 saturated carbocycles. The molecule has 23 heavy (non-hydrogen) atoms. The Morgan fingerprint density at radius 2 is 2.04 bits per heavy atom. The van der Waals surface area contributed by atoms with E-state index in [9.17, 15) is 4.79 Å². The topological polar surface area (TPSA) is 79.3 Å². The molecule has 1 aliphatic rings. The minimum Gasteiger partial charge on any atom is -0.348 e. The summed E-state index contributed by atoms with van der Waals surface area (Å²) in [4.78, 5) is 17.5. The third-order valence-electron chi connectivity index (χ3n) is 3.42. The number of carbonyl (C=O) groups is 1. The fourth-order valence-electron chi connectivity index (χ4n) is 2.25. The van der Waals surface area contributed by atoms with Crippen LogP contribution in [0.1, 0.15) is 15.9 Å². The van der Waals surface area contributed by atoms with E-state index in [0.717, 1.165) is 27.2 Å². The van der Waals surface area contributed by atoms with E-state index in [1.807, 2.05) is 30.3 Å². The number of aliphatic imine (C=N–C) groups is 1. The smallest absolute Gasteiger partial charge is 0.251 e. The number of carbonyl (C=O) groups excluding carboxylic acids is 1. The van der Waals surface area contributed by atoms with E-state index in [4.69, 9.17) is 0 Å². The zero-order chi connectivity index (χ0) is 15.6. The van der Waals surface area contributed by atoms with Crippen LogP contribution in [0.4, 0.5) is 5.69 Å². The van der Waals surface area contributed by atoms with Crippen molar-refractivity contribution in [1.82, 2.24) is 18.8 Å². The normalized spacial score (nSPS) is 12.7. The number of hydrogen-bond donors (Lipinski definition) is 2. The highest BCUT2D eigenvalue weighted by Crippen LogP contribution is 2.30. The Hall–Kier alpha value is -2.45. The van der Waals surface area contributed by atoms with Crippen molar-refractivity contribution in [3.8, 4) is 0 Å². The molecule has 2 aromatic carbocycles. The fourth-order valence-corrected chi connectivity index (χ4v) is 3.41. The summed E-state index contributed by atoms with van der Waals surface area (Å²) in [5.74, 6) is -0.112. The van der Waals surface area contributed by atoms with Crippen LogP contribution in [-0.4, -0.2) is 21.0 Å². The monoisotopic (exact) mass is 341 g/mol. The lowest BCUT2D eigenvalue weighted by atomic mass is 10.1. The first-order valence-electron chi connectivity index (χ1n) is 6.88. The number of amides is 1. The molecule has 0 saturated heterocycles. The molecule has 0 bridgehead atoms. The van der Waals surface area contributed by atoms with Gasteiger partial charge in [0, 0.05) is 12.1 Å². The molecular formula is C15H11N5OS2. The molecule has 1 aliphatic heterocycles. The van der Waals surface area contributed by atoms with Gasteiger partial charge < -0.3 is 10.0 Å². The van der Waals surface area contributed by atoms with Gasteiger partial charge in [0.15, 0.2) is 0 Å². The van der Waals surface area contributed by atoms with Crippen molar-refractivity contribution in [1.29, 1.82) is 0 Å². The second kappa shape index (κ2) is 5.98. The third-order valence-corrected chi connectivity index (χ3v) is 4.75. The fraction of sp³-hybridized carbons (Fsp3) is 0.0667. The summed E-state index contributed by atoms with van der Waals surface area (Å²) >= 11 is 2.63. The maximum Gasteiger partial charge on any atom is 0.251 e. The van der Waals surface area contributed by atoms with Gasteiger partial charge in [-0.3, -0.25) is 4.79 Å². The third kappa shape index (κ3) is 2.90. The van der Waals surface area contributed by atoms with Gasteiger partial charge >= 0.3 is 0 Å². The summed E-state index contributed by atoms with van der Waals surface area (Å²) in [5, 5.41) is 2.93. The highest BCUT2D eigenvalue weighted by atomic mass is 32.2. The quantitative estimate of drug-likeness (QED) is 0.716. The molecule has 4 rings (SSSR count). The number of fused-ring (bicyclic) bond motifs is 2. The van der Waals surface area contributed by atoms with Crippen molar-refractivity contribution in [3.05, 3.63) is 47.5 Å². The van der Waals surface area contributed by atoms with Gasteiger partial charge in [0.1, 0.15) is 11.0 Å². The van der Waals surface area contributed by atoms with E-state index >= 15 is 0 Å². The van der Waals surface area contributed by atoms with E-state index in [0.29, 0.717) is 12.1 Å². The van der Waals surface area contributed by atoms with Crippen LogP contribution in [0, 0.1) is 0 Å². The molecule has 2 N–H and O–H groups in total. The first-order chi connectivity index (χ1) is 11.3. The van der Waals surface area contributed by atoms with Gasteiger partial charge in [-0.15, -0.1) is 0 Å². The largest absolute Gasteiger partial charge is 0.348 e. The molecule has 0 fully saturated rings. The van der Waals surface area contributed by atoms with E-state index in [1.165, 1.54) is 23.7 Å². The van der Waals surface area contributed by atoms with E-state index in [2.05, 4.69) is 23.8 Å². The van der Waals surface area contributed by atoms with Crippen LogP contribution in [0.15, 0.2) is 46.3 Å². The van der Waals surface area contributed by atoms with Gasteiger partial charge in [-0.05, 0) is 47.8 Å². The first kappa shape index (κ1) is 14.2. The van der Waals surface area contributed by atoms with Crippen molar-refractivity contribution in [2.45, 2.75) is 11.4 Å². The Kier molecular flexibility index (Phi) is 3.68. The number of aromatic nitrogens is 2. The Morgan fingerprint density at radius 3 is 3.00 bits per heavy atom. The van der Waals surface area contributed by atoms with Crippen molar-refractivity contribution in [2.24, 2.45) is 4.99 Å². The van der Waals surface area contributed by atoms with E-state index in [1.54, 1.807) is 12.4 Å². The average Bonchev–Trinajstić information content (AvgIpc) is 3.07. The van der Waals surface area contributed by atoms with Crippen molar-refractivity contribution < 1.29 is 4.79 Å². The molecule has 0 spiro atoms. The van der Waals surface area contributed by atoms with Gasteiger partial charge in [0.25, 0.3) is 5.91 Å². The molecular weight excluding hydrogens is 330 g/mol. The molecule has 0 aliphatic carbocycles. The lowest BCUT2D eigenvalue weighted by Crippen LogP contribution is -2.22. The molecule has 8 heteroatoms. The van der Waals surface area contributed by atoms with Crippen LogP contribution in [0.25, 0.3) is 11.0 Å². The zero-order valence-electron chi connectivity index (χ0n) is 11.8. The number of rotatable bonds is 3. The van der Waals surface area contributed by atoms with E-state index < -0.39 is 0 Å². The highest BCUT2D eigenvalue weighted by molar-refractivity contribution is 7.98. The molecule has 1 amide bonds. The molecule has 3 aromatic rings. The molecule has 1 aromatic heterocycles. The average molecular weight is 341 g/mol. The number of nitrogens with zero attached hydrogens (tertiary/aromatic N) is 3. The molecule has 6 nitrogen and oxygen atoms in total.